The highest BCUT2D eigenvalue weighted by Gasteiger charge is 2.48. The lowest BCUT2D eigenvalue weighted by Gasteiger charge is -2.33. The standard InChI is InChI=1S/C25H33N3O3/c29-24(25(30,23-10-4-5-11-23)22-8-2-1-3-9-22)31-17-20(21-15-27-18-28-16-21)13-19-7-6-12-26-14-19/h1-3,8-9,15-16,18-20,23,26,30H,4-7,10-14,17H2/t19-,20?,25?/m1/s1. The van der Waals surface area contributed by atoms with Gasteiger partial charge in [0.1, 0.15) is 6.33 Å². The van der Waals surface area contributed by atoms with Crippen molar-refractivity contribution in [2.75, 3.05) is 19.7 Å². The van der Waals surface area contributed by atoms with Crippen molar-refractivity contribution in [1.82, 2.24) is 15.3 Å². The van der Waals surface area contributed by atoms with E-state index >= 15 is 0 Å². The van der Waals surface area contributed by atoms with Gasteiger partial charge < -0.3 is 15.2 Å². The fourth-order valence-electron chi connectivity index (χ4n) is 5.19. The Morgan fingerprint density at radius 2 is 1.87 bits per heavy atom. The van der Waals surface area contributed by atoms with E-state index in [2.05, 4.69) is 15.3 Å². The number of rotatable bonds is 8. The lowest BCUT2D eigenvalue weighted by Crippen LogP contribution is -2.44. The maximum absolute atomic E-state index is 13.4. The quantitative estimate of drug-likeness (QED) is 0.632. The first kappa shape index (κ1) is 21.9. The van der Waals surface area contributed by atoms with Gasteiger partial charge in [-0.3, -0.25) is 0 Å². The summed E-state index contributed by atoms with van der Waals surface area (Å²) in [6.07, 6.45) is 12.1. The van der Waals surface area contributed by atoms with Gasteiger partial charge in [0.15, 0.2) is 5.60 Å². The van der Waals surface area contributed by atoms with Crippen molar-refractivity contribution >= 4 is 5.97 Å². The highest BCUT2D eigenvalue weighted by molar-refractivity contribution is 5.81. The number of carbonyl (C=O) groups excluding carboxylic acids is 1. The van der Waals surface area contributed by atoms with Gasteiger partial charge in [0.2, 0.25) is 0 Å². The first-order valence-electron chi connectivity index (χ1n) is 11.6. The lowest BCUT2D eigenvalue weighted by molar-refractivity contribution is -0.174. The van der Waals surface area contributed by atoms with Crippen LogP contribution in [0.2, 0.25) is 0 Å². The maximum Gasteiger partial charge on any atom is 0.343 e. The number of benzene rings is 1. The van der Waals surface area contributed by atoms with Gasteiger partial charge in [-0.25, -0.2) is 14.8 Å². The molecule has 1 saturated carbocycles. The highest BCUT2D eigenvalue weighted by Crippen LogP contribution is 2.41. The Morgan fingerprint density at radius 1 is 1.13 bits per heavy atom. The zero-order chi connectivity index (χ0) is 21.5. The molecule has 1 aliphatic carbocycles. The third-order valence-electron chi connectivity index (χ3n) is 6.96. The van der Waals surface area contributed by atoms with Crippen LogP contribution in [0.15, 0.2) is 49.1 Å². The maximum atomic E-state index is 13.4. The minimum Gasteiger partial charge on any atom is -0.463 e. The fraction of sp³-hybridized carbons (Fsp3) is 0.560. The molecule has 1 saturated heterocycles. The van der Waals surface area contributed by atoms with Crippen molar-refractivity contribution in [2.24, 2.45) is 11.8 Å². The zero-order valence-electron chi connectivity index (χ0n) is 18.1. The van der Waals surface area contributed by atoms with Crippen molar-refractivity contribution in [3.8, 4) is 0 Å². The van der Waals surface area contributed by atoms with Crippen LogP contribution >= 0.6 is 0 Å². The number of nitrogens with zero attached hydrogens (tertiary/aromatic N) is 2. The molecule has 0 radical (unpaired) electrons. The molecule has 166 valence electrons. The topological polar surface area (TPSA) is 84.3 Å². The second kappa shape index (κ2) is 10.3. The van der Waals surface area contributed by atoms with Crippen LogP contribution < -0.4 is 5.32 Å². The monoisotopic (exact) mass is 423 g/mol. The smallest absolute Gasteiger partial charge is 0.343 e. The molecule has 2 fully saturated rings. The second-order valence-corrected chi connectivity index (χ2v) is 9.03. The number of hydrogen-bond acceptors (Lipinski definition) is 6. The van der Waals surface area contributed by atoms with Crippen molar-refractivity contribution in [1.29, 1.82) is 0 Å². The summed E-state index contributed by atoms with van der Waals surface area (Å²) in [5, 5.41) is 15.1. The Labute approximate surface area is 184 Å². The van der Waals surface area contributed by atoms with Crippen LogP contribution in [0, 0.1) is 11.8 Å². The molecule has 3 atom stereocenters. The van der Waals surface area contributed by atoms with E-state index in [1.165, 1.54) is 12.7 Å². The van der Waals surface area contributed by atoms with Gasteiger partial charge in [0.05, 0.1) is 6.61 Å². The molecule has 1 aliphatic heterocycles. The van der Waals surface area contributed by atoms with Crippen LogP contribution in [-0.2, 0) is 15.1 Å². The Balaban J connectivity index is 1.51. The molecular weight excluding hydrogens is 390 g/mol. The van der Waals surface area contributed by atoms with E-state index in [1.807, 2.05) is 42.7 Å². The first-order chi connectivity index (χ1) is 15.2. The molecule has 2 N–H and O–H groups in total. The average Bonchev–Trinajstić information content (AvgIpc) is 3.38. The summed E-state index contributed by atoms with van der Waals surface area (Å²) < 4.78 is 5.87. The van der Waals surface area contributed by atoms with E-state index in [0.717, 1.165) is 57.2 Å². The van der Waals surface area contributed by atoms with E-state index in [-0.39, 0.29) is 18.4 Å². The van der Waals surface area contributed by atoms with Crippen LogP contribution in [-0.4, -0.2) is 40.7 Å². The molecule has 2 aromatic rings. The lowest BCUT2D eigenvalue weighted by atomic mass is 9.80. The molecule has 2 aliphatic rings. The SMILES string of the molecule is O=C(OCC(C[C@H]1CCCNC1)c1cncnc1)C(O)(c1ccccc1)C1CCCC1. The Bertz CT molecular complexity index is 820. The summed E-state index contributed by atoms with van der Waals surface area (Å²) in [5.74, 6) is -0.100. The van der Waals surface area contributed by atoms with Crippen LogP contribution in [0.25, 0.3) is 0 Å². The predicted molar refractivity (Wildman–Crippen MR) is 118 cm³/mol. The Morgan fingerprint density at radius 3 is 2.55 bits per heavy atom. The van der Waals surface area contributed by atoms with E-state index in [9.17, 15) is 9.90 Å². The largest absolute Gasteiger partial charge is 0.463 e. The van der Waals surface area contributed by atoms with Crippen molar-refractivity contribution in [3.63, 3.8) is 0 Å². The molecule has 0 amide bonds. The molecule has 4 rings (SSSR count). The van der Waals surface area contributed by atoms with Gasteiger partial charge in [0, 0.05) is 24.2 Å². The van der Waals surface area contributed by atoms with Gasteiger partial charge in [-0.15, -0.1) is 0 Å². The van der Waals surface area contributed by atoms with E-state index in [1.54, 1.807) is 0 Å². The molecule has 0 spiro atoms. The van der Waals surface area contributed by atoms with Gasteiger partial charge in [-0.05, 0) is 62.2 Å². The van der Waals surface area contributed by atoms with E-state index < -0.39 is 11.6 Å². The minimum atomic E-state index is -1.60. The number of carbonyl (C=O) groups is 1. The molecule has 1 aromatic carbocycles. The second-order valence-electron chi connectivity index (χ2n) is 9.03. The third-order valence-corrected chi connectivity index (χ3v) is 6.96. The zero-order valence-corrected chi connectivity index (χ0v) is 18.1. The fourth-order valence-corrected chi connectivity index (χ4v) is 5.19. The molecule has 2 heterocycles. The van der Waals surface area contributed by atoms with Crippen molar-refractivity contribution < 1.29 is 14.6 Å². The van der Waals surface area contributed by atoms with Crippen LogP contribution in [0.4, 0.5) is 0 Å². The number of nitrogens with one attached hydrogen (secondary N) is 1. The molecular formula is C25H33N3O3. The minimum absolute atomic E-state index is 0.0126. The summed E-state index contributed by atoms with van der Waals surface area (Å²) >= 11 is 0. The van der Waals surface area contributed by atoms with Gasteiger partial charge in [0.25, 0.3) is 0 Å². The van der Waals surface area contributed by atoms with Gasteiger partial charge in [-0.2, -0.15) is 0 Å². The normalized spacial score (nSPS) is 22.5. The van der Waals surface area contributed by atoms with Crippen LogP contribution in [0.5, 0.6) is 0 Å². The first-order valence-corrected chi connectivity index (χ1v) is 11.6. The number of piperidine rings is 1. The summed E-state index contributed by atoms with van der Waals surface area (Å²) in [5.41, 5.74) is 0.00925. The number of aliphatic hydroxyl groups is 1. The average molecular weight is 424 g/mol. The number of aromatic nitrogens is 2. The van der Waals surface area contributed by atoms with Crippen LogP contribution in [0.1, 0.15) is 62.0 Å². The highest BCUT2D eigenvalue weighted by atomic mass is 16.5. The number of hydrogen-bond donors (Lipinski definition) is 2. The summed E-state index contributed by atoms with van der Waals surface area (Å²) in [6, 6.07) is 9.28. The number of esters is 1. The molecule has 1 aromatic heterocycles. The molecule has 6 heteroatoms. The summed E-state index contributed by atoms with van der Waals surface area (Å²) in [4.78, 5) is 21.7. The van der Waals surface area contributed by atoms with Gasteiger partial charge >= 0.3 is 5.97 Å². The third kappa shape index (κ3) is 5.13. The molecule has 31 heavy (non-hydrogen) atoms. The Kier molecular flexibility index (Phi) is 7.30. The predicted octanol–water partition coefficient (Wildman–Crippen LogP) is 3.57. The Hall–Kier alpha value is -2.31. The van der Waals surface area contributed by atoms with Gasteiger partial charge in [-0.1, -0.05) is 43.2 Å². The van der Waals surface area contributed by atoms with E-state index in [4.69, 9.17) is 4.74 Å². The summed E-state index contributed by atoms with van der Waals surface area (Å²) in [6.45, 7) is 2.27. The van der Waals surface area contributed by atoms with E-state index in [0.29, 0.717) is 11.5 Å². The number of ether oxygens (including phenoxy) is 1. The van der Waals surface area contributed by atoms with Crippen molar-refractivity contribution in [2.45, 2.75) is 56.5 Å². The summed E-state index contributed by atoms with van der Waals surface area (Å²) in [7, 11) is 0. The molecule has 0 bridgehead atoms. The molecule has 2 unspecified atom stereocenters. The van der Waals surface area contributed by atoms with Crippen LogP contribution in [0.3, 0.4) is 0 Å². The molecule has 6 nitrogen and oxygen atoms in total. The van der Waals surface area contributed by atoms with Crippen molar-refractivity contribution in [3.05, 3.63) is 60.2 Å².